The molecule has 112 valence electrons. The molecule has 4 aliphatic heterocycles. The van der Waals surface area contributed by atoms with E-state index in [0.29, 0.717) is 23.7 Å². The first kappa shape index (κ1) is 12.2. The van der Waals surface area contributed by atoms with Crippen LogP contribution >= 0.6 is 0 Å². The Hall–Kier alpha value is -2.56. The maximum absolute atomic E-state index is 12.0. The van der Waals surface area contributed by atoms with Crippen molar-refractivity contribution in [2.75, 3.05) is 34.8 Å². The average Bonchev–Trinajstić information content (AvgIpc) is 2.43. The third-order valence-corrected chi connectivity index (χ3v) is 4.85. The molecule has 0 atom stereocenters. The Balaban J connectivity index is 2.01. The molecule has 11 heteroatoms. The number of H-pyrrole nitrogens is 3. The molecule has 0 aliphatic carbocycles. The van der Waals surface area contributed by atoms with E-state index in [1.165, 1.54) is 0 Å². The lowest BCUT2D eigenvalue weighted by atomic mass is 10.4. The molecule has 4 aliphatic rings. The summed E-state index contributed by atoms with van der Waals surface area (Å²) in [6.07, 6.45) is 0. The van der Waals surface area contributed by atoms with Crippen LogP contribution in [-0.2, 0) is 14.6 Å². The Morgan fingerprint density at radius 1 is 1.00 bits per heavy atom. The minimum atomic E-state index is -3.45. The predicted octanol–water partition coefficient (Wildman–Crippen LogP) is -0.324. The Labute approximate surface area is 117 Å². The summed E-state index contributed by atoms with van der Waals surface area (Å²) in [7, 11) is -3.45. The number of anilines is 3. The number of amides is 1. The standard InChI is InChI=1S/C10H12N6O4S/c17-4-3-12-5-6(13-4)14-7-9(16-5)20-10-8(15-7)11-1-2-21(10,18)19/h11-12,14-16H,1-3H2,(H,13,17). The van der Waals surface area contributed by atoms with Crippen molar-refractivity contribution < 1.29 is 17.6 Å². The van der Waals surface area contributed by atoms with Gasteiger partial charge in [0.05, 0.1) is 12.3 Å². The van der Waals surface area contributed by atoms with Crippen molar-refractivity contribution in [2.24, 2.45) is 0 Å². The molecule has 0 spiro atoms. The second kappa shape index (κ2) is 3.97. The molecule has 0 aromatic heterocycles. The summed E-state index contributed by atoms with van der Waals surface area (Å²) < 4.78 is 29.5. The summed E-state index contributed by atoms with van der Waals surface area (Å²) in [6.45, 7) is 0.428. The number of fused-ring (bicyclic) bond motifs is 2. The highest BCUT2D eigenvalue weighted by molar-refractivity contribution is 7.91. The molecule has 10 nitrogen and oxygen atoms in total. The molecule has 4 heterocycles. The highest BCUT2D eigenvalue weighted by atomic mass is 32.2. The largest absolute Gasteiger partial charge is 0.421 e. The fourth-order valence-corrected chi connectivity index (χ4v) is 3.48. The van der Waals surface area contributed by atoms with Crippen LogP contribution in [0.4, 0.5) is 17.5 Å². The van der Waals surface area contributed by atoms with Gasteiger partial charge in [-0.05, 0) is 0 Å². The molecule has 0 bridgehead atoms. The Morgan fingerprint density at radius 2 is 1.81 bits per heavy atom. The average molecular weight is 312 g/mol. The van der Waals surface area contributed by atoms with Crippen molar-refractivity contribution in [1.29, 1.82) is 0 Å². The molecule has 0 unspecified atom stereocenters. The highest BCUT2D eigenvalue weighted by Gasteiger charge is 2.27. The van der Waals surface area contributed by atoms with Crippen LogP contribution in [0.5, 0.6) is 0 Å². The Bertz CT molecular complexity index is 943. The van der Waals surface area contributed by atoms with Crippen molar-refractivity contribution in [3.63, 3.8) is 0 Å². The van der Waals surface area contributed by atoms with Crippen molar-refractivity contribution in [2.45, 2.75) is 5.09 Å². The SMILES string of the molecule is O=C1CNc2[nH]c3oc4c([nH]c=3[nH]c2N1)NCCS4(=O)=O. The van der Waals surface area contributed by atoms with E-state index < -0.39 is 9.84 Å². The number of rotatable bonds is 0. The fraction of sp³-hybridized carbons (Fsp3) is 0.300. The normalized spacial score (nSPS) is 19.0. The summed E-state index contributed by atoms with van der Waals surface area (Å²) in [4.78, 5) is 20.1. The first-order chi connectivity index (χ1) is 10.0. The van der Waals surface area contributed by atoms with Crippen LogP contribution in [0.1, 0.15) is 0 Å². The van der Waals surface area contributed by atoms with Gasteiger partial charge in [0, 0.05) is 6.54 Å². The molecule has 4 rings (SSSR count). The van der Waals surface area contributed by atoms with Crippen LogP contribution in [-0.4, -0.2) is 48.1 Å². The van der Waals surface area contributed by atoms with E-state index in [4.69, 9.17) is 4.42 Å². The predicted molar refractivity (Wildman–Crippen MR) is 72.4 cm³/mol. The van der Waals surface area contributed by atoms with E-state index in [2.05, 4.69) is 30.9 Å². The lowest BCUT2D eigenvalue weighted by Crippen LogP contribution is -2.29. The van der Waals surface area contributed by atoms with Gasteiger partial charge in [-0.3, -0.25) is 4.79 Å². The van der Waals surface area contributed by atoms with Gasteiger partial charge in [-0.25, -0.2) is 8.42 Å². The Kier molecular flexibility index (Phi) is 2.31. The van der Waals surface area contributed by atoms with Crippen LogP contribution in [0.3, 0.4) is 0 Å². The molecule has 0 fully saturated rings. The summed E-state index contributed by atoms with van der Waals surface area (Å²) in [5, 5.41) is 8.33. The van der Waals surface area contributed by atoms with Crippen molar-refractivity contribution in [3.05, 3.63) is 11.0 Å². The first-order valence-electron chi connectivity index (χ1n) is 6.25. The maximum atomic E-state index is 12.0. The fourth-order valence-electron chi connectivity index (χ4n) is 2.28. The lowest BCUT2D eigenvalue weighted by molar-refractivity contribution is -0.114. The minimum absolute atomic E-state index is 0.0220. The van der Waals surface area contributed by atoms with Gasteiger partial charge in [0.25, 0.3) is 5.09 Å². The zero-order chi connectivity index (χ0) is 14.6. The number of hydrogen-bond donors (Lipinski definition) is 6. The number of aromatic nitrogens is 3. The highest BCUT2D eigenvalue weighted by Crippen LogP contribution is 2.25. The van der Waals surface area contributed by atoms with E-state index in [-0.39, 0.29) is 34.7 Å². The van der Waals surface area contributed by atoms with E-state index in [1.54, 1.807) is 0 Å². The van der Waals surface area contributed by atoms with E-state index >= 15 is 0 Å². The second-order valence-corrected chi connectivity index (χ2v) is 6.75. The lowest BCUT2D eigenvalue weighted by Gasteiger charge is -2.20. The molecule has 0 aromatic rings. The number of nitrogens with one attached hydrogen (secondary N) is 6. The molecular weight excluding hydrogens is 300 g/mol. The van der Waals surface area contributed by atoms with E-state index in [0.717, 1.165) is 0 Å². The number of carbonyl (C=O) groups is 1. The summed E-state index contributed by atoms with van der Waals surface area (Å²) in [6, 6.07) is 0. The molecule has 0 radical (unpaired) electrons. The summed E-state index contributed by atoms with van der Waals surface area (Å²) in [5.74, 6) is 1.05. The van der Waals surface area contributed by atoms with E-state index in [1.807, 2.05) is 0 Å². The van der Waals surface area contributed by atoms with Crippen molar-refractivity contribution >= 4 is 33.2 Å². The van der Waals surface area contributed by atoms with Crippen molar-refractivity contribution in [3.8, 4) is 0 Å². The molecule has 0 saturated heterocycles. The maximum Gasteiger partial charge on any atom is 0.260 e. The molecule has 0 aromatic carbocycles. The van der Waals surface area contributed by atoms with Gasteiger partial charge >= 0.3 is 0 Å². The smallest absolute Gasteiger partial charge is 0.260 e. The minimum Gasteiger partial charge on any atom is -0.421 e. The van der Waals surface area contributed by atoms with Gasteiger partial charge in [-0.1, -0.05) is 0 Å². The summed E-state index contributed by atoms with van der Waals surface area (Å²) >= 11 is 0. The molecule has 1 amide bonds. The van der Waals surface area contributed by atoms with Gasteiger partial charge in [0.2, 0.25) is 21.3 Å². The number of aromatic amines is 3. The second-order valence-electron chi connectivity index (χ2n) is 4.74. The van der Waals surface area contributed by atoms with Crippen LogP contribution in [0, 0.1) is 11.0 Å². The van der Waals surface area contributed by atoms with Gasteiger partial charge in [0.1, 0.15) is 5.82 Å². The van der Waals surface area contributed by atoms with Gasteiger partial charge in [0.15, 0.2) is 17.1 Å². The third kappa shape index (κ3) is 1.85. The topological polar surface area (TPSA) is 148 Å². The molecule has 21 heavy (non-hydrogen) atoms. The summed E-state index contributed by atoms with van der Waals surface area (Å²) in [5.41, 5.74) is 0.643. The first-order valence-corrected chi connectivity index (χ1v) is 7.90. The van der Waals surface area contributed by atoms with Gasteiger partial charge in [-0.2, -0.15) is 0 Å². The Morgan fingerprint density at radius 3 is 2.67 bits per heavy atom. The number of hydrogen-bond acceptors (Lipinski definition) is 6. The molecule has 0 saturated carbocycles. The van der Waals surface area contributed by atoms with Crippen LogP contribution in [0.15, 0.2) is 9.51 Å². The van der Waals surface area contributed by atoms with Gasteiger partial charge < -0.3 is 35.3 Å². The van der Waals surface area contributed by atoms with Crippen LogP contribution in [0.25, 0.3) is 0 Å². The van der Waals surface area contributed by atoms with E-state index in [9.17, 15) is 13.2 Å². The number of sulfone groups is 1. The monoisotopic (exact) mass is 312 g/mol. The zero-order valence-corrected chi connectivity index (χ0v) is 11.5. The molecular formula is C10H12N6O4S. The van der Waals surface area contributed by atoms with Crippen LogP contribution < -0.4 is 16.0 Å². The number of carbonyl (C=O) groups excluding carboxylic acids is 1. The van der Waals surface area contributed by atoms with Gasteiger partial charge in [-0.15, -0.1) is 0 Å². The third-order valence-electron chi connectivity index (χ3n) is 3.26. The quantitative estimate of drug-likeness (QED) is 0.392. The van der Waals surface area contributed by atoms with Crippen molar-refractivity contribution in [1.82, 2.24) is 15.0 Å². The zero-order valence-electron chi connectivity index (χ0n) is 10.7. The molecule has 6 N–H and O–H groups in total. The van der Waals surface area contributed by atoms with Crippen LogP contribution in [0.2, 0.25) is 0 Å².